The van der Waals surface area contributed by atoms with E-state index < -0.39 is 30.4 Å². The first-order valence-electron chi connectivity index (χ1n) is 6.31. The van der Waals surface area contributed by atoms with Crippen LogP contribution in [0.2, 0.25) is 0 Å². The molecule has 0 amide bonds. The lowest BCUT2D eigenvalue weighted by Crippen LogP contribution is -2.37. The number of halogens is 6. The van der Waals surface area contributed by atoms with Crippen molar-refractivity contribution in [1.29, 1.82) is 0 Å². The summed E-state index contributed by atoms with van der Waals surface area (Å²) in [6, 6.07) is 4.08. The molecule has 1 rings (SSSR count). The average Bonchev–Trinajstić information content (AvgIpc) is 2.35. The number of benzene rings is 1. The Labute approximate surface area is 118 Å². The highest BCUT2D eigenvalue weighted by Gasteiger charge is 2.30. The van der Waals surface area contributed by atoms with Gasteiger partial charge in [0, 0.05) is 12.5 Å². The van der Waals surface area contributed by atoms with E-state index in [0.29, 0.717) is 5.56 Å². The number of nitrogens with two attached hydrogens (primary N) is 1. The number of nitrogens with one attached hydrogen (secondary N) is 1. The first kappa shape index (κ1) is 17.8. The van der Waals surface area contributed by atoms with E-state index in [1.54, 1.807) is 0 Å². The summed E-state index contributed by atoms with van der Waals surface area (Å²) in [5.74, 6) is 5.26. The lowest BCUT2D eigenvalue weighted by atomic mass is 10.0. The molecule has 0 spiro atoms. The molecule has 0 aliphatic carbocycles. The van der Waals surface area contributed by atoms with Gasteiger partial charge in [0.05, 0.1) is 5.56 Å². The highest BCUT2D eigenvalue weighted by atomic mass is 19.4. The molecule has 3 N–H and O–H groups in total. The molecule has 0 bridgehead atoms. The largest absolute Gasteiger partial charge is 0.416 e. The van der Waals surface area contributed by atoms with Crippen molar-refractivity contribution in [2.45, 2.75) is 44.1 Å². The topological polar surface area (TPSA) is 38.0 Å². The van der Waals surface area contributed by atoms with Gasteiger partial charge in [-0.15, -0.1) is 0 Å². The Kier molecular flexibility index (Phi) is 6.03. The van der Waals surface area contributed by atoms with Gasteiger partial charge in [-0.1, -0.05) is 12.1 Å². The van der Waals surface area contributed by atoms with E-state index in [1.165, 1.54) is 12.1 Å². The molecule has 2 nitrogen and oxygen atoms in total. The standard InChI is InChI=1S/C13H16F6N2/c14-12(15,16)7-1-2-11(21-20)8-9-3-5-10(6-4-9)13(17,18)19/h3-6,11,21H,1-2,7-8,20H2. The van der Waals surface area contributed by atoms with Crippen molar-refractivity contribution >= 4 is 0 Å². The highest BCUT2D eigenvalue weighted by Crippen LogP contribution is 2.29. The van der Waals surface area contributed by atoms with Gasteiger partial charge in [-0.05, 0) is 37.0 Å². The molecule has 0 saturated heterocycles. The van der Waals surface area contributed by atoms with E-state index in [0.717, 1.165) is 12.1 Å². The monoisotopic (exact) mass is 314 g/mol. The summed E-state index contributed by atoms with van der Waals surface area (Å²) in [5, 5.41) is 0. The fourth-order valence-electron chi connectivity index (χ4n) is 1.91. The molecular formula is C13H16F6N2. The molecule has 1 unspecified atom stereocenters. The van der Waals surface area contributed by atoms with Crippen LogP contribution in [0.4, 0.5) is 26.3 Å². The average molecular weight is 314 g/mol. The minimum Gasteiger partial charge on any atom is -0.271 e. The van der Waals surface area contributed by atoms with Crippen molar-refractivity contribution in [3.8, 4) is 0 Å². The Balaban J connectivity index is 2.53. The molecule has 8 heteroatoms. The molecule has 0 radical (unpaired) electrons. The Morgan fingerprint density at radius 1 is 1.00 bits per heavy atom. The summed E-state index contributed by atoms with van der Waals surface area (Å²) < 4.78 is 73.3. The zero-order chi connectivity index (χ0) is 16.1. The molecule has 120 valence electrons. The van der Waals surface area contributed by atoms with Crippen molar-refractivity contribution in [2.24, 2.45) is 5.84 Å². The van der Waals surface area contributed by atoms with Gasteiger partial charge in [0.1, 0.15) is 0 Å². The van der Waals surface area contributed by atoms with E-state index in [4.69, 9.17) is 5.84 Å². The lowest BCUT2D eigenvalue weighted by molar-refractivity contribution is -0.137. The van der Waals surface area contributed by atoms with Gasteiger partial charge < -0.3 is 0 Å². The summed E-state index contributed by atoms with van der Waals surface area (Å²) in [6.45, 7) is 0. The molecule has 0 aromatic heterocycles. The first-order chi connectivity index (χ1) is 9.62. The maximum absolute atomic E-state index is 12.4. The summed E-state index contributed by atoms with van der Waals surface area (Å²) >= 11 is 0. The SMILES string of the molecule is NNC(CCCC(F)(F)F)Cc1ccc(C(F)(F)F)cc1. The van der Waals surface area contributed by atoms with E-state index in [9.17, 15) is 26.3 Å². The molecule has 1 aromatic rings. The van der Waals surface area contributed by atoms with E-state index >= 15 is 0 Å². The van der Waals surface area contributed by atoms with E-state index in [2.05, 4.69) is 5.43 Å². The van der Waals surface area contributed by atoms with Crippen LogP contribution >= 0.6 is 0 Å². The van der Waals surface area contributed by atoms with E-state index in [-0.39, 0.29) is 19.3 Å². The predicted octanol–water partition coefficient (Wildman–Crippen LogP) is 3.81. The van der Waals surface area contributed by atoms with Crippen LogP contribution in [-0.4, -0.2) is 12.2 Å². The van der Waals surface area contributed by atoms with Gasteiger partial charge in [-0.2, -0.15) is 26.3 Å². The second kappa shape index (κ2) is 7.13. The molecule has 1 atom stereocenters. The summed E-state index contributed by atoms with van der Waals surface area (Å²) in [6.07, 6.45) is -9.15. The van der Waals surface area contributed by atoms with Crippen molar-refractivity contribution in [3.63, 3.8) is 0 Å². The van der Waals surface area contributed by atoms with Crippen molar-refractivity contribution in [3.05, 3.63) is 35.4 Å². The van der Waals surface area contributed by atoms with Crippen LogP contribution in [0.5, 0.6) is 0 Å². The third-order valence-electron chi connectivity index (χ3n) is 3.01. The molecule has 0 aliphatic rings. The highest BCUT2D eigenvalue weighted by molar-refractivity contribution is 5.25. The quantitative estimate of drug-likeness (QED) is 0.476. The molecule has 0 saturated carbocycles. The van der Waals surface area contributed by atoms with Crippen molar-refractivity contribution in [1.82, 2.24) is 5.43 Å². The Bertz CT molecular complexity index is 424. The fraction of sp³-hybridized carbons (Fsp3) is 0.538. The van der Waals surface area contributed by atoms with Crippen LogP contribution in [0.15, 0.2) is 24.3 Å². The predicted molar refractivity (Wildman–Crippen MR) is 66.2 cm³/mol. The number of hydrogen-bond acceptors (Lipinski definition) is 2. The molecule has 21 heavy (non-hydrogen) atoms. The second-order valence-electron chi connectivity index (χ2n) is 4.77. The van der Waals surface area contributed by atoms with Crippen LogP contribution in [0.3, 0.4) is 0 Å². The molecule has 0 aliphatic heterocycles. The van der Waals surface area contributed by atoms with Gasteiger partial charge >= 0.3 is 12.4 Å². The number of hydrogen-bond donors (Lipinski definition) is 2. The Morgan fingerprint density at radius 3 is 2.00 bits per heavy atom. The summed E-state index contributed by atoms with van der Waals surface area (Å²) in [7, 11) is 0. The third kappa shape index (κ3) is 6.81. The normalized spacial score (nSPS) is 14.2. The molecule has 0 heterocycles. The Hall–Kier alpha value is -1.28. The number of rotatable bonds is 6. The molecule has 1 aromatic carbocycles. The summed E-state index contributed by atoms with van der Waals surface area (Å²) in [4.78, 5) is 0. The minimum atomic E-state index is -4.41. The van der Waals surface area contributed by atoms with Crippen LogP contribution in [-0.2, 0) is 12.6 Å². The van der Waals surface area contributed by atoms with Crippen LogP contribution in [0, 0.1) is 0 Å². The lowest BCUT2D eigenvalue weighted by Gasteiger charge is -2.17. The van der Waals surface area contributed by atoms with Gasteiger partial charge in [0.2, 0.25) is 0 Å². The maximum atomic E-state index is 12.4. The van der Waals surface area contributed by atoms with Gasteiger partial charge in [0.25, 0.3) is 0 Å². The van der Waals surface area contributed by atoms with Crippen molar-refractivity contribution < 1.29 is 26.3 Å². The zero-order valence-corrected chi connectivity index (χ0v) is 11.1. The molecular weight excluding hydrogens is 298 g/mol. The number of hydrazine groups is 1. The smallest absolute Gasteiger partial charge is 0.271 e. The van der Waals surface area contributed by atoms with Gasteiger partial charge in [0.15, 0.2) is 0 Å². The zero-order valence-electron chi connectivity index (χ0n) is 11.1. The third-order valence-corrected chi connectivity index (χ3v) is 3.01. The van der Waals surface area contributed by atoms with Crippen molar-refractivity contribution in [2.75, 3.05) is 0 Å². The first-order valence-corrected chi connectivity index (χ1v) is 6.31. The number of alkyl halides is 6. The fourth-order valence-corrected chi connectivity index (χ4v) is 1.91. The van der Waals surface area contributed by atoms with Crippen LogP contribution in [0.1, 0.15) is 30.4 Å². The van der Waals surface area contributed by atoms with Crippen LogP contribution in [0.25, 0.3) is 0 Å². The van der Waals surface area contributed by atoms with Gasteiger partial charge in [-0.3, -0.25) is 11.3 Å². The van der Waals surface area contributed by atoms with E-state index in [1.807, 2.05) is 0 Å². The summed E-state index contributed by atoms with van der Waals surface area (Å²) in [5.41, 5.74) is 2.21. The molecule has 0 fully saturated rings. The Morgan fingerprint density at radius 2 is 1.57 bits per heavy atom. The maximum Gasteiger partial charge on any atom is 0.416 e. The van der Waals surface area contributed by atoms with Gasteiger partial charge in [-0.25, -0.2) is 0 Å². The second-order valence-corrected chi connectivity index (χ2v) is 4.77. The minimum absolute atomic E-state index is 0.0843. The van der Waals surface area contributed by atoms with Crippen LogP contribution < -0.4 is 11.3 Å².